The molecular formula is C21H18Se2. The Bertz CT molecular complexity index is 760. The molecule has 23 heavy (non-hydrogen) atoms. The van der Waals surface area contributed by atoms with Gasteiger partial charge >= 0.3 is 151 Å². The van der Waals surface area contributed by atoms with Gasteiger partial charge in [-0.3, -0.25) is 0 Å². The molecule has 3 aromatic rings. The second-order valence-electron chi connectivity index (χ2n) is 5.19. The van der Waals surface area contributed by atoms with Crippen molar-refractivity contribution in [1.29, 1.82) is 0 Å². The van der Waals surface area contributed by atoms with Gasteiger partial charge in [0.15, 0.2) is 0 Å². The first-order valence-corrected chi connectivity index (χ1v) is 11.1. The Kier molecular flexibility index (Phi) is 5.91. The van der Waals surface area contributed by atoms with Gasteiger partial charge in [0.25, 0.3) is 0 Å². The van der Waals surface area contributed by atoms with Crippen LogP contribution in [-0.4, -0.2) is 29.9 Å². The van der Waals surface area contributed by atoms with E-state index in [-0.39, 0.29) is 0 Å². The molecular weight excluding hydrogens is 410 g/mol. The van der Waals surface area contributed by atoms with E-state index < -0.39 is 0 Å². The maximum atomic E-state index is 2.46. The predicted molar refractivity (Wildman–Crippen MR) is 103 cm³/mol. The molecule has 0 aliphatic heterocycles. The molecule has 0 amide bonds. The number of hydrogen-bond acceptors (Lipinski definition) is 0. The van der Waals surface area contributed by atoms with Gasteiger partial charge in [0.1, 0.15) is 0 Å². The molecule has 0 unspecified atom stereocenters. The number of rotatable bonds is 5. The van der Waals surface area contributed by atoms with Gasteiger partial charge in [-0.15, -0.1) is 0 Å². The zero-order valence-electron chi connectivity index (χ0n) is 13.0. The van der Waals surface area contributed by atoms with Crippen LogP contribution in [0.15, 0.2) is 89.9 Å². The van der Waals surface area contributed by atoms with Crippen LogP contribution in [-0.2, 0) is 0 Å². The van der Waals surface area contributed by atoms with E-state index >= 15 is 0 Å². The van der Waals surface area contributed by atoms with Crippen LogP contribution in [0.25, 0.3) is 4.47 Å². The fourth-order valence-corrected chi connectivity index (χ4v) is 6.39. The standard InChI is InChI=1S/C21H18Se2/c1-17-12-14-18(15-13-17)21(23-20-10-6-3-7-11-20)16-22-19-8-4-2-5-9-19/h2-16H,1H3/b21-16+. The monoisotopic (exact) mass is 430 g/mol. The van der Waals surface area contributed by atoms with Gasteiger partial charge in [-0.25, -0.2) is 0 Å². The quantitative estimate of drug-likeness (QED) is 0.547. The van der Waals surface area contributed by atoms with Crippen LogP contribution in [0.5, 0.6) is 0 Å². The minimum atomic E-state index is 0.340. The average Bonchev–Trinajstić information content (AvgIpc) is 2.61. The summed E-state index contributed by atoms with van der Waals surface area (Å²) in [6.07, 6.45) is 0. The van der Waals surface area contributed by atoms with Crippen LogP contribution in [0.1, 0.15) is 11.1 Å². The molecule has 0 heterocycles. The second kappa shape index (κ2) is 8.34. The third kappa shape index (κ3) is 4.96. The molecule has 0 saturated heterocycles. The first-order chi connectivity index (χ1) is 11.3. The third-order valence-corrected chi connectivity index (χ3v) is 8.26. The maximum absolute atomic E-state index is 2.46. The van der Waals surface area contributed by atoms with E-state index in [4.69, 9.17) is 0 Å². The van der Waals surface area contributed by atoms with Crippen molar-refractivity contribution in [3.05, 3.63) is 101 Å². The van der Waals surface area contributed by atoms with Crippen LogP contribution in [0.3, 0.4) is 0 Å². The Labute approximate surface area is 151 Å². The Balaban J connectivity index is 1.87. The first-order valence-electron chi connectivity index (χ1n) is 7.53. The summed E-state index contributed by atoms with van der Waals surface area (Å²) in [6.45, 7) is 2.14. The molecule has 0 aromatic heterocycles. The van der Waals surface area contributed by atoms with E-state index in [0.29, 0.717) is 29.9 Å². The number of aryl methyl sites for hydroxylation is 1. The van der Waals surface area contributed by atoms with Gasteiger partial charge in [0.2, 0.25) is 0 Å². The number of hydrogen-bond donors (Lipinski definition) is 0. The van der Waals surface area contributed by atoms with Crippen molar-refractivity contribution < 1.29 is 0 Å². The molecule has 2 heteroatoms. The molecule has 0 atom stereocenters. The molecule has 114 valence electrons. The van der Waals surface area contributed by atoms with Crippen molar-refractivity contribution in [3.63, 3.8) is 0 Å². The molecule has 3 rings (SSSR count). The zero-order chi connectivity index (χ0) is 15.9. The normalized spacial score (nSPS) is 11.4. The van der Waals surface area contributed by atoms with Crippen molar-refractivity contribution in [2.75, 3.05) is 0 Å². The van der Waals surface area contributed by atoms with Crippen molar-refractivity contribution >= 4 is 43.3 Å². The van der Waals surface area contributed by atoms with E-state index in [0.717, 1.165) is 0 Å². The molecule has 0 aliphatic carbocycles. The van der Waals surface area contributed by atoms with E-state index in [2.05, 4.69) is 96.8 Å². The fraction of sp³-hybridized carbons (Fsp3) is 0.0476. The van der Waals surface area contributed by atoms with Crippen LogP contribution in [0, 0.1) is 6.92 Å². The summed E-state index contributed by atoms with van der Waals surface area (Å²) in [5, 5.41) is 0. The summed E-state index contributed by atoms with van der Waals surface area (Å²) in [5.74, 6) is 0. The average molecular weight is 428 g/mol. The Hall–Kier alpha value is -1.56. The van der Waals surface area contributed by atoms with Gasteiger partial charge in [0, 0.05) is 0 Å². The SMILES string of the molecule is Cc1ccc(/C(=C\[Se]c2ccccc2)[Se]c2ccccc2)cc1. The first kappa shape index (κ1) is 16.3. The van der Waals surface area contributed by atoms with Crippen LogP contribution >= 0.6 is 0 Å². The van der Waals surface area contributed by atoms with E-state index in [1.807, 2.05) is 0 Å². The van der Waals surface area contributed by atoms with E-state index in [9.17, 15) is 0 Å². The molecule has 0 fully saturated rings. The van der Waals surface area contributed by atoms with Crippen LogP contribution in [0.4, 0.5) is 0 Å². The van der Waals surface area contributed by atoms with Crippen LogP contribution in [0.2, 0.25) is 0 Å². The van der Waals surface area contributed by atoms with Gasteiger partial charge in [0.05, 0.1) is 0 Å². The number of benzene rings is 3. The summed E-state index contributed by atoms with van der Waals surface area (Å²) in [7, 11) is 0. The van der Waals surface area contributed by atoms with Gasteiger partial charge < -0.3 is 0 Å². The topological polar surface area (TPSA) is 0 Å². The Morgan fingerprint density at radius 1 is 0.696 bits per heavy atom. The van der Waals surface area contributed by atoms with E-state index in [1.165, 1.54) is 24.5 Å². The molecule has 0 aliphatic rings. The molecule has 0 radical (unpaired) electrons. The molecule has 0 saturated carbocycles. The second-order valence-corrected chi connectivity index (χ2v) is 9.51. The summed E-state index contributed by atoms with van der Waals surface area (Å²) in [5.41, 5.74) is 2.67. The summed E-state index contributed by atoms with van der Waals surface area (Å²) < 4.78 is 4.33. The van der Waals surface area contributed by atoms with Crippen molar-refractivity contribution in [3.8, 4) is 0 Å². The van der Waals surface area contributed by atoms with Crippen LogP contribution < -0.4 is 8.92 Å². The van der Waals surface area contributed by atoms with Gasteiger partial charge in [-0.2, -0.15) is 0 Å². The predicted octanol–water partition coefficient (Wildman–Crippen LogP) is 3.35. The Morgan fingerprint density at radius 2 is 1.26 bits per heavy atom. The van der Waals surface area contributed by atoms with E-state index in [1.54, 1.807) is 0 Å². The summed E-state index contributed by atoms with van der Waals surface area (Å²) >= 11 is 0.713. The molecule has 0 bridgehead atoms. The zero-order valence-corrected chi connectivity index (χ0v) is 16.4. The summed E-state index contributed by atoms with van der Waals surface area (Å²) in [6, 6.07) is 30.5. The Morgan fingerprint density at radius 3 is 1.87 bits per heavy atom. The van der Waals surface area contributed by atoms with Gasteiger partial charge in [-0.05, 0) is 0 Å². The van der Waals surface area contributed by atoms with Crippen molar-refractivity contribution in [2.24, 2.45) is 0 Å². The fourth-order valence-electron chi connectivity index (χ4n) is 2.10. The van der Waals surface area contributed by atoms with Gasteiger partial charge in [-0.1, -0.05) is 0 Å². The molecule has 0 spiro atoms. The molecule has 0 nitrogen and oxygen atoms in total. The van der Waals surface area contributed by atoms with Crippen molar-refractivity contribution in [1.82, 2.24) is 0 Å². The van der Waals surface area contributed by atoms with Crippen molar-refractivity contribution in [2.45, 2.75) is 6.92 Å². The molecule has 0 N–H and O–H groups in total. The summed E-state index contributed by atoms with van der Waals surface area (Å²) in [4.78, 5) is 2.46. The third-order valence-electron chi connectivity index (χ3n) is 3.35. The molecule has 3 aromatic carbocycles. The minimum absolute atomic E-state index is 0.340.